The maximum Gasteiger partial charge on any atom is 0.231 e. The number of anilines is 2. The summed E-state index contributed by atoms with van der Waals surface area (Å²) in [4.78, 5) is 14.8. The van der Waals surface area contributed by atoms with E-state index < -0.39 is 0 Å². The molecule has 0 bridgehead atoms. The quantitative estimate of drug-likeness (QED) is 0.826. The Morgan fingerprint density at radius 1 is 1.17 bits per heavy atom. The van der Waals surface area contributed by atoms with E-state index in [-0.39, 0.29) is 5.28 Å². The van der Waals surface area contributed by atoms with Crippen molar-refractivity contribution in [2.45, 2.75) is 46.6 Å². The highest BCUT2D eigenvalue weighted by Gasteiger charge is 2.14. The molecule has 1 heterocycles. The van der Waals surface area contributed by atoms with Gasteiger partial charge < -0.3 is 10.2 Å². The second kappa shape index (κ2) is 7.36. The van der Waals surface area contributed by atoms with Crippen LogP contribution in [0.15, 0.2) is 0 Å². The molecule has 0 aromatic carbocycles. The first kappa shape index (κ1) is 15.0. The van der Waals surface area contributed by atoms with Gasteiger partial charge in [0, 0.05) is 19.1 Å². The van der Waals surface area contributed by atoms with Crippen LogP contribution in [0.4, 0.5) is 11.9 Å². The van der Waals surface area contributed by atoms with E-state index in [0.29, 0.717) is 17.9 Å². The van der Waals surface area contributed by atoms with Gasteiger partial charge in [-0.2, -0.15) is 15.0 Å². The van der Waals surface area contributed by atoms with E-state index in [1.165, 1.54) is 0 Å². The second-order valence-electron chi connectivity index (χ2n) is 4.44. The predicted molar refractivity (Wildman–Crippen MR) is 76.4 cm³/mol. The number of rotatable bonds is 7. The van der Waals surface area contributed by atoms with Crippen molar-refractivity contribution in [3.8, 4) is 0 Å². The maximum atomic E-state index is 5.95. The van der Waals surface area contributed by atoms with Crippen LogP contribution in [0, 0.1) is 0 Å². The van der Waals surface area contributed by atoms with Crippen molar-refractivity contribution < 1.29 is 0 Å². The lowest BCUT2D eigenvalue weighted by Crippen LogP contribution is -2.33. The molecular formula is C12H22ClN5. The number of nitrogens with zero attached hydrogens (tertiary/aromatic N) is 4. The zero-order valence-corrected chi connectivity index (χ0v) is 12.3. The number of hydrogen-bond acceptors (Lipinski definition) is 5. The van der Waals surface area contributed by atoms with Crippen molar-refractivity contribution in [2.75, 3.05) is 23.3 Å². The summed E-state index contributed by atoms with van der Waals surface area (Å²) in [5.74, 6) is 1.19. The molecule has 1 N–H and O–H groups in total. The first-order valence-electron chi connectivity index (χ1n) is 6.50. The molecule has 0 unspecified atom stereocenters. The van der Waals surface area contributed by atoms with Gasteiger partial charge in [-0.3, -0.25) is 0 Å². The van der Waals surface area contributed by atoms with Gasteiger partial charge >= 0.3 is 0 Å². The molecule has 1 aromatic rings. The summed E-state index contributed by atoms with van der Waals surface area (Å²) in [6.07, 6.45) is 2.06. The lowest BCUT2D eigenvalue weighted by molar-refractivity contribution is 0.649. The van der Waals surface area contributed by atoms with E-state index >= 15 is 0 Å². The van der Waals surface area contributed by atoms with E-state index in [2.05, 4.69) is 52.9 Å². The number of hydrogen-bond donors (Lipinski definition) is 1. The first-order chi connectivity index (χ1) is 8.58. The Balaban J connectivity index is 2.95. The third-order valence-corrected chi connectivity index (χ3v) is 2.64. The minimum absolute atomic E-state index is 0.236. The van der Waals surface area contributed by atoms with Gasteiger partial charge in [0.1, 0.15) is 0 Å². The Kier molecular flexibility index (Phi) is 6.12. The lowest BCUT2D eigenvalue weighted by Gasteiger charge is -2.26. The molecule has 6 heteroatoms. The average molecular weight is 272 g/mol. The van der Waals surface area contributed by atoms with Crippen molar-refractivity contribution in [3.05, 3.63) is 5.28 Å². The largest absolute Gasteiger partial charge is 0.354 e. The smallest absolute Gasteiger partial charge is 0.231 e. The number of aromatic nitrogens is 3. The van der Waals surface area contributed by atoms with E-state index in [9.17, 15) is 0 Å². The van der Waals surface area contributed by atoms with Crippen molar-refractivity contribution in [3.63, 3.8) is 0 Å². The fourth-order valence-electron chi connectivity index (χ4n) is 1.61. The summed E-state index contributed by atoms with van der Waals surface area (Å²) in [5, 5.41) is 3.37. The highest BCUT2D eigenvalue weighted by Crippen LogP contribution is 2.16. The first-order valence-corrected chi connectivity index (χ1v) is 6.88. The van der Waals surface area contributed by atoms with Gasteiger partial charge in [0.25, 0.3) is 0 Å². The summed E-state index contributed by atoms with van der Waals surface area (Å²) in [6.45, 7) is 10.2. The summed E-state index contributed by atoms with van der Waals surface area (Å²) in [5.41, 5.74) is 0. The van der Waals surface area contributed by atoms with Gasteiger partial charge in [0.05, 0.1) is 0 Å². The molecule has 0 aliphatic rings. The molecule has 0 amide bonds. The maximum absolute atomic E-state index is 5.95. The van der Waals surface area contributed by atoms with E-state index in [4.69, 9.17) is 11.6 Å². The molecule has 0 spiro atoms. The molecular weight excluding hydrogens is 250 g/mol. The van der Waals surface area contributed by atoms with Crippen LogP contribution in [0.1, 0.15) is 40.5 Å². The Labute approximate surface area is 114 Å². The molecule has 0 aliphatic heterocycles. The topological polar surface area (TPSA) is 53.9 Å². The fraction of sp³-hybridized carbons (Fsp3) is 0.750. The van der Waals surface area contributed by atoms with Gasteiger partial charge in [-0.25, -0.2) is 0 Å². The van der Waals surface area contributed by atoms with E-state index in [1.807, 2.05) is 0 Å². The minimum atomic E-state index is 0.236. The molecule has 0 saturated heterocycles. The van der Waals surface area contributed by atoms with Crippen molar-refractivity contribution in [2.24, 2.45) is 0 Å². The molecule has 0 atom stereocenters. The second-order valence-corrected chi connectivity index (χ2v) is 4.78. The van der Waals surface area contributed by atoms with Gasteiger partial charge in [-0.15, -0.1) is 0 Å². The van der Waals surface area contributed by atoms with Crippen LogP contribution in [-0.4, -0.2) is 34.1 Å². The summed E-state index contributed by atoms with van der Waals surface area (Å²) < 4.78 is 0. The van der Waals surface area contributed by atoms with Crippen LogP contribution in [0.2, 0.25) is 5.28 Å². The summed E-state index contributed by atoms with van der Waals surface area (Å²) in [7, 11) is 0. The standard InChI is InChI=1S/C12H22ClN5/c1-5-7-14-11-15-10(13)16-12(17-11)18(8-6-2)9(3)4/h9H,5-8H2,1-4H3,(H,14,15,16,17). The van der Waals surface area contributed by atoms with Crippen molar-refractivity contribution in [1.82, 2.24) is 15.0 Å². The predicted octanol–water partition coefficient (Wildman–Crippen LogP) is 2.97. The Morgan fingerprint density at radius 3 is 2.44 bits per heavy atom. The normalized spacial score (nSPS) is 10.8. The summed E-state index contributed by atoms with van der Waals surface area (Å²) >= 11 is 5.95. The van der Waals surface area contributed by atoms with Crippen molar-refractivity contribution >= 4 is 23.5 Å². The highest BCUT2D eigenvalue weighted by atomic mass is 35.5. The van der Waals surface area contributed by atoms with Crippen LogP contribution in [0.3, 0.4) is 0 Å². The Morgan fingerprint density at radius 2 is 1.89 bits per heavy atom. The van der Waals surface area contributed by atoms with Crippen LogP contribution in [0.5, 0.6) is 0 Å². The van der Waals surface area contributed by atoms with Crippen LogP contribution in [-0.2, 0) is 0 Å². The van der Waals surface area contributed by atoms with E-state index in [1.54, 1.807) is 0 Å². The molecule has 18 heavy (non-hydrogen) atoms. The molecule has 0 aliphatic carbocycles. The molecule has 0 radical (unpaired) electrons. The Hall–Kier alpha value is -1.10. The van der Waals surface area contributed by atoms with Gasteiger partial charge in [-0.05, 0) is 38.3 Å². The average Bonchev–Trinajstić information content (AvgIpc) is 2.32. The third kappa shape index (κ3) is 4.29. The highest BCUT2D eigenvalue weighted by molar-refractivity contribution is 6.28. The minimum Gasteiger partial charge on any atom is -0.354 e. The number of halogens is 1. The molecule has 1 aromatic heterocycles. The zero-order valence-electron chi connectivity index (χ0n) is 11.6. The van der Waals surface area contributed by atoms with Gasteiger partial charge in [0.15, 0.2) is 0 Å². The SMILES string of the molecule is CCCNc1nc(Cl)nc(N(CCC)C(C)C)n1. The van der Waals surface area contributed by atoms with Crippen molar-refractivity contribution in [1.29, 1.82) is 0 Å². The molecule has 102 valence electrons. The molecule has 0 fully saturated rings. The monoisotopic (exact) mass is 271 g/mol. The van der Waals surface area contributed by atoms with Crippen LogP contribution in [0.25, 0.3) is 0 Å². The lowest BCUT2D eigenvalue weighted by atomic mass is 10.3. The molecule has 0 saturated carbocycles. The van der Waals surface area contributed by atoms with Crippen LogP contribution < -0.4 is 10.2 Å². The van der Waals surface area contributed by atoms with E-state index in [0.717, 1.165) is 25.9 Å². The fourth-order valence-corrected chi connectivity index (χ4v) is 1.77. The Bertz CT molecular complexity index is 369. The van der Waals surface area contributed by atoms with Gasteiger partial charge in [-0.1, -0.05) is 13.8 Å². The van der Waals surface area contributed by atoms with Crippen LogP contribution >= 0.6 is 11.6 Å². The molecule has 5 nitrogen and oxygen atoms in total. The molecule has 1 rings (SSSR count). The third-order valence-electron chi connectivity index (χ3n) is 2.47. The van der Waals surface area contributed by atoms with Gasteiger partial charge in [0.2, 0.25) is 17.2 Å². The zero-order chi connectivity index (χ0) is 13.5. The number of nitrogens with one attached hydrogen (secondary N) is 1. The summed E-state index contributed by atoms with van der Waals surface area (Å²) in [6, 6.07) is 0.336.